The number of amides is 1. The fourth-order valence-corrected chi connectivity index (χ4v) is 2.42. The highest BCUT2D eigenvalue weighted by Crippen LogP contribution is 2.24. The summed E-state index contributed by atoms with van der Waals surface area (Å²) >= 11 is 6.03. The van der Waals surface area contributed by atoms with E-state index in [1.807, 2.05) is 13.8 Å². The molecular formula is C16H16ClFN2O. The van der Waals surface area contributed by atoms with Gasteiger partial charge in [-0.3, -0.25) is 9.78 Å². The van der Waals surface area contributed by atoms with Crippen molar-refractivity contribution in [2.24, 2.45) is 0 Å². The van der Waals surface area contributed by atoms with Gasteiger partial charge in [-0.2, -0.15) is 0 Å². The van der Waals surface area contributed by atoms with Crippen molar-refractivity contribution < 1.29 is 9.18 Å². The molecule has 0 spiro atoms. The Balaban J connectivity index is 2.29. The van der Waals surface area contributed by atoms with E-state index >= 15 is 0 Å². The van der Waals surface area contributed by atoms with E-state index in [0.29, 0.717) is 17.1 Å². The van der Waals surface area contributed by atoms with Crippen LogP contribution in [0.3, 0.4) is 0 Å². The highest BCUT2D eigenvalue weighted by atomic mass is 35.5. The van der Waals surface area contributed by atoms with Crippen LogP contribution in [-0.4, -0.2) is 22.3 Å². The highest BCUT2D eigenvalue weighted by Gasteiger charge is 2.23. The monoisotopic (exact) mass is 306 g/mol. The van der Waals surface area contributed by atoms with Crippen molar-refractivity contribution in [1.82, 2.24) is 9.88 Å². The van der Waals surface area contributed by atoms with E-state index < -0.39 is 0 Å². The molecule has 3 nitrogen and oxygen atoms in total. The van der Waals surface area contributed by atoms with E-state index in [4.69, 9.17) is 11.6 Å². The molecule has 1 heterocycles. The van der Waals surface area contributed by atoms with Crippen molar-refractivity contribution in [2.75, 3.05) is 6.54 Å². The van der Waals surface area contributed by atoms with Gasteiger partial charge in [0, 0.05) is 18.9 Å². The molecular weight excluding hydrogens is 291 g/mol. The van der Waals surface area contributed by atoms with Crippen molar-refractivity contribution in [3.05, 3.63) is 64.7 Å². The Kier molecular flexibility index (Phi) is 4.91. The van der Waals surface area contributed by atoms with E-state index in [0.717, 1.165) is 5.56 Å². The van der Waals surface area contributed by atoms with Crippen molar-refractivity contribution in [3.8, 4) is 0 Å². The van der Waals surface area contributed by atoms with Crippen molar-refractivity contribution in [1.29, 1.82) is 0 Å². The van der Waals surface area contributed by atoms with Gasteiger partial charge in [-0.05, 0) is 37.6 Å². The first-order chi connectivity index (χ1) is 10.0. The zero-order valence-electron chi connectivity index (χ0n) is 11.9. The molecule has 0 bridgehead atoms. The van der Waals surface area contributed by atoms with Crippen molar-refractivity contribution >= 4 is 17.5 Å². The first-order valence-corrected chi connectivity index (χ1v) is 7.08. The van der Waals surface area contributed by atoms with Gasteiger partial charge in [-0.25, -0.2) is 4.39 Å². The quantitative estimate of drug-likeness (QED) is 0.852. The number of aromatic nitrogens is 1. The molecule has 0 saturated carbocycles. The Morgan fingerprint density at radius 2 is 2.00 bits per heavy atom. The minimum absolute atomic E-state index is 0.165. The highest BCUT2D eigenvalue weighted by molar-refractivity contribution is 6.33. The van der Waals surface area contributed by atoms with E-state index in [-0.39, 0.29) is 17.8 Å². The summed E-state index contributed by atoms with van der Waals surface area (Å²) in [6.45, 7) is 4.33. The number of carbonyl (C=O) groups is 1. The number of halogens is 2. The molecule has 0 aliphatic rings. The number of carbonyl (C=O) groups excluding carboxylic acids is 1. The van der Waals surface area contributed by atoms with E-state index in [1.54, 1.807) is 23.1 Å². The SMILES string of the molecule is CCN(C(=O)c1ccncc1Cl)C(C)c1ccc(F)cc1. The third kappa shape index (κ3) is 3.39. The van der Waals surface area contributed by atoms with Gasteiger partial charge in [0.1, 0.15) is 5.82 Å². The summed E-state index contributed by atoms with van der Waals surface area (Å²) in [6, 6.07) is 7.58. The molecule has 0 fully saturated rings. The number of nitrogens with zero attached hydrogens (tertiary/aromatic N) is 2. The third-order valence-corrected chi connectivity index (χ3v) is 3.73. The van der Waals surface area contributed by atoms with Crippen LogP contribution >= 0.6 is 11.6 Å². The van der Waals surface area contributed by atoms with Crippen LogP contribution in [0.15, 0.2) is 42.7 Å². The van der Waals surface area contributed by atoms with E-state index in [9.17, 15) is 9.18 Å². The minimum atomic E-state index is -0.294. The Hall–Kier alpha value is -1.94. The molecule has 21 heavy (non-hydrogen) atoms. The maximum Gasteiger partial charge on any atom is 0.255 e. The predicted molar refractivity (Wildman–Crippen MR) is 80.8 cm³/mol. The van der Waals surface area contributed by atoms with Crippen LogP contribution in [0.1, 0.15) is 35.8 Å². The van der Waals surface area contributed by atoms with Gasteiger partial charge < -0.3 is 4.90 Å². The summed E-state index contributed by atoms with van der Waals surface area (Å²) in [6.07, 6.45) is 2.99. The summed E-state index contributed by atoms with van der Waals surface area (Å²) in [5, 5.41) is 0.326. The van der Waals surface area contributed by atoms with Crippen LogP contribution in [0.4, 0.5) is 4.39 Å². The topological polar surface area (TPSA) is 33.2 Å². The average Bonchev–Trinajstić information content (AvgIpc) is 2.49. The smallest absolute Gasteiger partial charge is 0.255 e. The summed E-state index contributed by atoms with van der Waals surface area (Å²) in [5.74, 6) is -0.459. The molecule has 1 atom stereocenters. The zero-order valence-corrected chi connectivity index (χ0v) is 12.6. The lowest BCUT2D eigenvalue weighted by Gasteiger charge is -2.28. The van der Waals surface area contributed by atoms with Crippen LogP contribution in [0.25, 0.3) is 0 Å². The molecule has 0 aliphatic carbocycles. The Labute approximate surface area is 128 Å². The van der Waals surface area contributed by atoms with Crippen molar-refractivity contribution in [3.63, 3.8) is 0 Å². The number of hydrogen-bond acceptors (Lipinski definition) is 2. The second kappa shape index (κ2) is 6.68. The van der Waals surface area contributed by atoms with Gasteiger partial charge in [0.05, 0.1) is 16.6 Å². The van der Waals surface area contributed by atoms with Gasteiger partial charge in [0.2, 0.25) is 0 Å². The second-order valence-electron chi connectivity index (χ2n) is 4.67. The van der Waals surface area contributed by atoms with Gasteiger partial charge in [-0.1, -0.05) is 23.7 Å². The van der Waals surface area contributed by atoms with Gasteiger partial charge >= 0.3 is 0 Å². The molecule has 5 heteroatoms. The van der Waals surface area contributed by atoms with Crippen molar-refractivity contribution in [2.45, 2.75) is 19.9 Å². The lowest BCUT2D eigenvalue weighted by Crippen LogP contribution is -2.33. The lowest BCUT2D eigenvalue weighted by atomic mass is 10.1. The van der Waals surface area contributed by atoms with Crippen LogP contribution in [0.2, 0.25) is 5.02 Å². The fraction of sp³-hybridized carbons (Fsp3) is 0.250. The largest absolute Gasteiger partial charge is 0.332 e. The number of pyridine rings is 1. The van der Waals surface area contributed by atoms with Gasteiger partial charge in [-0.15, -0.1) is 0 Å². The average molecular weight is 307 g/mol. The Morgan fingerprint density at radius 3 is 2.57 bits per heavy atom. The normalized spacial score (nSPS) is 12.0. The number of benzene rings is 1. The molecule has 1 aromatic heterocycles. The molecule has 0 aliphatic heterocycles. The maximum absolute atomic E-state index is 13.0. The standard InChI is InChI=1S/C16H16ClFN2O/c1-3-20(11(2)12-4-6-13(18)7-5-12)16(21)14-8-9-19-10-15(14)17/h4-11H,3H2,1-2H3. The zero-order chi connectivity index (χ0) is 15.4. The lowest BCUT2D eigenvalue weighted by molar-refractivity contribution is 0.0702. The molecule has 1 unspecified atom stereocenters. The van der Waals surface area contributed by atoms with E-state index in [1.165, 1.54) is 24.5 Å². The molecule has 110 valence electrons. The predicted octanol–water partition coefficient (Wildman–Crippen LogP) is 4.10. The van der Waals surface area contributed by atoms with Crippen LogP contribution in [0, 0.1) is 5.82 Å². The molecule has 0 saturated heterocycles. The van der Waals surface area contributed by atoms with Gasteiger partial charge in [0.25, 0.3) is 5.91 Å². The molecule has 2 rings (SSSR count). The Morgan fingerprint density at radius 1 is 1.33 bits per heavy atom. The van der Waals surface area contributed by atoms with Crippen LogP contribution in [-0.2, 0) is 0 Å². The van der Waals surface area contributed by atoms with Crippen LogP contribution in [0.5, 0.6) is 0 Å². The number of hydrogen-bond donors (Lipinski definition) is 0. The van der Waals surface area contributed by atoms with Gasteiger partial charge in [0.15, 0.2) is 0 Å². The third-order valence-electron chi connectivity index (χ3n) is 3.42. The fourth-order valence-electron chi connectivity index (χ4n) is 2.22. The Bertz CT molecular complexity index is 630. The van der Waals surface area contributed by atoms with Crippen LogP contribution < -0.4 is 0 Å². The number of rotatable bonds is 4. The summed E-state index contributed by atoms with van der Waals surface area (Å²) in [4.78, 5) is 18.2. The molecule has 1 aromatic carbocycles. The summed E-state index contributed by atoms with van der Waals surface area (Å²) in [5.41, 5.74) is 1.29. The second-order valence-corrected chi connectivity index (χ2v) is 5.08. The van der Waals surface area contributed by atoms with E-state index in [2.05, 4.69) is 4.98 Å². The summed E-state index contributed by atoms with van der Waals surface area (Å²) in [7, 11) is 0. The minimum Gasteiger partial charge on any atom is -0.332 e. The molecule has 2 aromatic rings. The molecule has 0 radical (unpaired) electrons. The first-order valence-electron chi connectivity index (χ1n) is 6.70. The first kappa shape index (κ1) is 15.4. The summed E-state index contributed by atoms with van der Waals surface area (Å²) < 4.78 is 13.0. The maximum atomic E-state index is 13.0. The molecule has 0 N–H and O–H groups in total. The molecule has 1 amide bonds.